The zero-order valence-corrected chi connectivity index (χ0v) is 16.7. The lowest BCUT2D eigenvalue weighted by molar-refractivity contribution is 0.168. The zero-order valence-electron chi connectivity index (χ0n) is 16.7. The second kappa shape index (κ2) is 7.77. The van der Waals surface area contributed by atoms with Crippen molar-refractivity contribution >= 4 is 11.1 Å². The predicted molar refractivity (Wildman–Crippen MR) is 116 cm³/mol. The van der Waals surface area contributed by atoms with Crippen molar-refractivity contribution in [2.24, 2.45) is 0 Å². The monoisotopic (exact) mass is 414 g/mol. The largest absolute Gasteiger partial charge is 0.438 e. The third kappa shape index (κ3) is 3.71. The Balaban J connectivity index is 1.69. The molecule has 0 bridgehead atoms. The molecule has 5 aromatic rings. The van der Waals surface area contributed by atoms with Crippen molar-refractivity contribution in [1.29, 1.82) is 0 Å². The SMILES string of the molecule is CC(O)Cn1cc(-c2ncnc3oc(-c4ccccc4)cc23)c(-c2ccc(F)cc2)n1. The Bertz CT molecular complexity index is 1340. The van der Waals surface area contributed by atoms with Gasteiger partial charge in [0.25, 0.3) is 0 Å². The van der Waals surface area contributed by atoms with Gasteiger partial charge in [0.05, 0.1) is 23.7 Å². The van der Waals surface area contributed by atoms with Crippen molar-refractivity contribution in [3.05, 3.63) is 79.0 Å². The molecule has 0 aliphatic carbocycles. The van der Waals surface area contributed by atoms with E-state index in [4.69, 9.17) is 4.42 Å². The summed E-state index contributed by atoms with van der Waals surface area (Å²) >= 11 is 0. The molecule has 154 valence electrons. The molecule has 3 heterocycles. The minimum atomic E-state index is -0.571. The molecule has 7 heteroatoms. The first-order valence-corrected chi connectivity index (χ1v) is 9.90. The van der Waals surface area contributed by atoms with Gasteiger partial charge in [0.15, 0.2) is 0 Å². The standard InChI is InChI=1S/C24H19FN4O2/c1-15(30)12-29-13-20(22(28-29)17-7-9-18(25)10-8-17)23-19-11-21(16-5-3-2-4-6-16)31-24(19)27-14-26-23/h2-11,13-15,30H,12H2,1H3. The second-order valence-electron chi connectivity index (χ2n) is 7.39. The summed E-state index contributed by atoms with van der Waals surface area (Å²) in [7, 11) is 0. The summed E-state index contributed by atoms with van der Waals surface area (Å²) in [6, 6.07) is 17.8. The molecule has 1 atom stereocenters. The summed E-state index contributed by atoms with van der Waals surface area (Å²) < 4.78 is 21.1. The number of aliphatic hydroxyl groups is 1. The Morgan fingerprint density at radius 3 is 2.52 bits per heavy atom. The van der Waals surface area contributed by atoms with Gasteiger partial charge in [-0.3, -0.25) is 4.68 Å². The first kappa shape index (κ1) is 19.1. The van der Waals surface area contributed by atoms with Gasteiger partial charge >= 0.3 is 0 Å². The Kier molecular flexibility index (Phi) is 4.80. The van der Waals surface area contributed by atoms with Crippen molar-refractivity contribution in [2.45, 2.75) is 19.6 Å². The second-order valence-corrected chi connectivity index (χ2v) is 7.39. The highest BCUT2D eigenvalue weighted by atomic mass is 19.1. The average molecular weight is 414 g/mol. The van der Waals surface area contributed by atoms with Gasteiger partial charge in [-0.15, -0.1) is 0 Å². The molecule has 31 heavy (non-hydrogen) atoms. The molecule has 0 fully saturated rings. The zero-order chi connectivity index (χ0) is 21.4. The van der Waals surface area contributed by atoms with Crippen LogP contribution < -0.4 is 0 Å². The van der Waals surface area contributed by atoms with Gasteiger partial charge in [0.2, 0.25) is 5.71 Å². The van der Waals surface area contributed by atoms with Crippen LogP contribution in [0.5, 0.6) is 0 Å². The first-order chi connectivity index (χ1) is 15.1. The van der Waals surface area contributed by atoms with Gasteiger partial charge in [-0.1, -0.05) is 30.3 Å². The van der Waals surface area contributed by atoms with Crippen molar-refractivity contribution in [3.63, 3.8) is 0 Å². The van der Waals surface area contributed by atoms with E-state index in [9.17, 15) is 9.50 Å². The molecule has 0 saturated carbocycles. The van der Waals surface area contributed by atoms with Crippen LogP contribution >= 0.6 is 0 Å². The van der Waals surface area contributed by atoms with Gasteiger partial charge < -0.3 is 9.52 Å². The summed E-state index contributed by atoms with van der Waals surface area (Å²) in [6.45, 7) is 2.02. The molecule has 1 unspecified atom stereocenters. The highest BCUT2D eigenvalue weighted by Crippen LogP contribution is 2.36. The Hall–Kier alpha value is -3.84. The van der Waals surface area contributed by atoms with Crippen LogP contribution in [0.25, 0.3) is 44.9 Å². The fourth-order valence-electron chi connectivity index (χ4n) is 3.59. The van der Waals surface area contributed by atoms with E-state index in [1.165, 1.54) is 18.5 Å². The van der Waals surface area contributed by atoms with Crippen LogP contribution in [0.1, 0.15) is 6.92 Å². The molecule has 1 N–H and O–H groups in total. The summed E-state index contributed by atoms with van der Waals surface area (Å²) in [5, 5.41) is 15.2. The van der Waals surface area contributed by atoms with E-state index >= 15 is 0 Å². The number of aromatic nitrogens is 4. The van der Waals surface area contributed by atoms with Gasteiger partial charge in [-0.05, 0) is 37.3 Å². The highest BCUT2D eigenvalue weighted by Gasteiger charge is 2.20. The highest BCUT2D eigenvalue weighted by molar-refractivity contribution is 5.95. The number of aliphatic hydroxyl groups excluding tert-OH is 1. The lowest BCUT2D eigenvalue weighted by atomic mass is 10.0. The lowest BCUT2D eigenvalue weighted by Gasteiger charge is -2.03. The number of hydrogen-bond acceptors (Lipinski definition) is 5. The van der Waals surface area contributed by atoms with Crippen molar-refractivity contribution in [1.82, 2.24) is 19.7 Å². The Labute approximate surface area is 177 Å². The molecule has 6 nitrogen and oxygen atoms in total. The maximum absolute atomic E-state index is 13.5. The van der Waals surface area contributed by atoms with Crippen LogP contribution in [0.2, 0.25) is 0 Å². The predicted octanol–water partition coefficient (Wildman–Crippen LogP) is 4.94. The molecule has 0 saturated heterocycles. The average Bonchev–Trinajstić information content (AvgIpc) is 3.39. The summed E-state index contributed by atoms with van der Waals surface area (Å²) in [5.41, 5.74) is 4.21. The van der Waals surface area contributed by atoms with Crippen LogP contribution in [0.4, 0.5) is 4.39 Å². The smallest absolute Gasteiger partial charge is 0.230 e. The third-order valence-corrected chi connectivity index (χ3v) is 4.97. The van der Waals surface area contributed by atoms with Crippen molar-refractivity contribution in [3.8, 4) is 33.8 Å². The van der Waals surface area contributed by atoms with Gasteiger partial charge in [-0.2, -0.15) is 5.10 Å². The molecule has 3 aromatic heterocycles. The van der Waals surface area contributed by atoms with Crippen LogP contribution in [0.15, 0.2) is 77.6 Å². The van der Waals surface area contributed by atoms with Gasteiger partial charge in [0.1, 0.15) is 23.6 Å². The molecule has 2 aromatic carbocycles. The number of fused-ring (bicyclic) bond motifs is 1. The lowest BCUT2D eigenvalue weighted by Crippen LogP contribution is -2.11. The molecule has 5 rings (SSSR count). The number of halogens is 1. The third-order valence-electron chi connectivity index (χ3n) is 4.97. The summed E-state index contributed by atoms with van der Waals surface area (Å²) in [5.74, 6) is 0.373. The summed E-state index contributed by atoms with van der Waals surface area (Å²) in [6.07, 6.45) is 2.72. The van der Waals surface area contributed by atoms with Gasteiger partial charge in [0, 0.05) is 22.9 Å². The van der Waals surface area contributed by atoms with E-state index in [0.29, 0.717) is 29.4 Å². The molecule has 0 radical (unpaired) electrons. The van der Waals surface area contributed by atoms with E-state index in [2.05, 4.69) is 15.1 Å². The molecule has 0 aliphatic rings. The van der Waals surface area contributed by atoms with E-state index < -0.39 is 6.10 Å². The molecular weight excluding hydrogens is 395 g/mol. The Morgan fingerprint density at radius 2 is 1.77 bits per heavy atom. The fourth-order valence-corrected chi connectivity index (χ4v) is 3.59. The number of hydrogen-bond donors (Lipinski definition) is 1. The van der Waals surface area contributed by atoms with E-state index in [1.807, 2.05) is 42.6 Å². The number of nitrogens with zero attached hydrogens (tertiary/aromatic N) is 4. The van der Waals surface area contributed by atoms with Crippen molar-refractivity contribution < 1.29 is 13.9 Å². The Morgan fingerprint density at radius 1 is 1.00 bits per heavy atom. The topological polar surface area (TPSA) is 77.0 Å². The van der Waals surface area contributed by atoms with E-state index in [1.54, 1.807) is 23.7 Å². The number of rotatable bonds is 5. The van der Waals surface area contributed by atoms with Crippen LogP contribution in [0, 0.1) is 5.82 Å². The first-order valence-electron chi connectivity index (χ1n) is 9.90. The minimum absolute atomic E-state index is 0.319. The maximum Gasteiger partial charge on any atom is 0.230 e. The fraction of sp³-hybridized carbons (Fsp3) is 0.125. The van der Waals surface area contributed by atoms with Crippen LogP contribution in [-0.4, -0.2) is 31.0 Å². The van der Waals surface area contributed by atoms with E-state index in [-0.39, 0.29) is 5.82 Å². The van der Waals surface area contributed by atoms with Crippen LogP contribution in [0.3, 0.4) is 0 Å². The minimum Gasteiger partial charge on any atom is -0.438 e. The van der Waals surface area contributed by atoms with Crippen molar-refractivity contribution in [2.75, 3.05) is 0 Å². The number of furan rings is 1. The molecule has 0 aliphatic heterocycles. The molecular formula is C24H19FN4O2. The normalized spacial score (nSPS) is 12.4. The molecule has 0 amide bonds. The van der Waals surface area contributed by atoms with Crippen LogP contribution in [-0.2, 0) is 6.54 Å². The maximum atomic E-state index is 13.5. The summed E-state index contributed by atoms with van der Waals surface area (Å²) in [4.78, 5) is 8.81. The molecule has 0 spiro atoms. The number of benzene rings is 2. The van der Waals surface area contributed by atoms with E-state index in [0.717, 1.165) is 22.1 Å². The quantitative estimate of drug-likeness (QED) is 0.441. The van der Waals surface area contributed by atoms with Gasteiger partial charge in [-0.25, -0.2) is 14.4 Å².